The molecular formula is C39H23N3OS. The first kappa shape index (κ1) is 24.9. The second-order valence-corrected chi connectivity index (χ2v) is 11.9. The van der Waals surface area contributed by atoms with Crippen LogP contribution in [0.4, 0.5) is 0 Å². The average Bonchev–Trinajstić information content (AvgIpc) is 3.66. The number of fused-ring (bicyclic) bond motifs is 6. The maximum Gasteiger partial charge on any atom is 0.164 e. The molecule has 0 atom stereocenters. The van der Waals surface area contributed by atoms with Gasteiger partial charge < -0.3 is 4.42 Å². The average molecular weight is 582 g/mol. The first-order valence-electron chi connectivity index (χ1n) is 14.5. The van der Waals surface area contributed by atoms with Gasteiger partial charge in [0.2, 0.25) is 0 Å². The van der Waals surface area contributed by atoms with Gasteiger partial charge in [-0.05, 0) is 41.5 Å². The van der Waals surface area contributed by atoms with E-state index < -0.39 is 0 Å². The predicted molar refractivity (Wildman–Crippen MR) is 182 cm³/mol. The summed E-state index contributed by atoms with van der Waals surface area (Å²) in [5.41, 5.74) is 6.77. The molecule has 0 bridgehead atoms. The molecule has 0 aliphatic heterocycles. The summed E-state index contributed by atoms with van der Waals surface area (Å²) < 4.78 is 8.77. The van der Waals surface area contributed by atoms with Crippen LogP contribution in [0.3, 0.4) is 0 Å². The summed E-state index contributed by atoms with van der Waals surface area (Å²) in [4.78, 5) is 15.0. The van der Waals surface area contributed by atoms with Crippen molar-refractivity contribution in [2.24, 2.45) is 0 Å². The molecule has 3 aromatic heterocycles. The lowest BCUT2D eigenvalue weighted by Crippen LogP contribution is -2.00. The smallest absolute Gasteiger partial charge is 0.164 e. The Kier molecular flexibility index (Phi) is 5.64. The molecular weight excluding hydrogens is 559 g/mol. The maximum atomic E-state index is 6.20. The Balaban J connectivity index is 1.21. The van der Waals surface area contributed by atoms with Crippen LogP contribution < -0.4 is 0 Å². The Labute approximate surface area is 256 Å². The van der Waals surface area contributed by atoms with Gasteiger partial charge in [0.05, 0.1) is 0 Å². The second kappa shape index (κ2) is 9.97. The summed E-state index contributed by atoms with van der Waals surface area (Å²) in [7, 11) is 0. The lowest BCUT2D eigenvalue weighted by Gasteiger charge is -2.10. The molecule has 0 unspecified atom stereocenters. The number of rotatable bonds is 4. The Morgan fingerprint density at radius 2 is 1.02 bits per heavy atom. The summed E-state index contributed by atoms with van der Waals surface area (Å²) in [6.45, 7) is 0. The predicted octanol–water partition coefficient (Wildman–Crippen LogP) is 10.8. The topological polar surface area (TPSA) is 51.8 Å². The minimum Gasteiger partial charge on any atom is -0.456 e. The largest absolute Gasteiger partial charge is 0.456 e. The van der Waals surface area contributed by atoms with Gasteiger partial charge >= 0.3 is 0 Å². The van der Waals surface area contributed by atoms with E-state index in [1.54, 1.807) is 0 Å². The quantitative estimate of drug-likeness (QED) is 0.207. The first-order chi connectivity index (χ1) is 21.8. The third-order valence-electron chi connectivity index (χ3n) is 8.14. The molecule has 4 nitrogen and oxygen atoms in total. The van der Waals surface area contributed by atoms with Crippen LogP contribution in [-0.2, 0) is 0 Å². The van der Waals surface area contributed by atoms with Crippen molar-refractivity contribution in [2.75, 3.05) is 0 Å². The molecule has 0 fully saturated rings. The van der Waals surface area contributed by atoms with E-state index in [4.69, 9.17) is 19.4 Å². The van der Waals surface area contributed by atoms with E-state index in [2.05, 4.69) is 84.9 Å². The molecule has 3 heterocycles. The molecule has 6 aromatic carbocycles. The van der Waals surface area contributed by atoms with Gasteiger partial charge in [-0.2, -0.15) is 0 Å². The van der Waals surface area contributed by atoms with Crippen molar-refractivity contribution >= 4 is 53.4 Å². The molecule has 5 heteroatoms. The van der Waals surface area contributed by atoms with Crippen molar-refractivity contribution in [2.45, 2.75) is 0 Å². The highest BCUT2D eigenvalue weighted by molar-refractivity contribution is 7.26. The summed E-state index contributed by atoms with van der Waals surface area (Å²) in [6.07, 6.45) is 0. The van der Waals surface area contributed by atoms with Gasteiger partial charge in [-0.3, -0.25) is 0 Å². The molecule has 0 spiro atoms. The fourth-order valence-electron chi connectivity index (χ4n) is 6.02. The maximum absolute atomic E-state index is 6.20. The van der Waals surface area contributed by atoms with E-state index in [9.17, 15) is 0 Å². The van der Waals surface area contributed by atoms with Gasteiger partial charge in [-0.15, -0.1) is 11.3 Å². The second-order valence-electron chi connectivity index (χ2n) is 10.8. The zero-order chi connectivity index (χ0) is 29.0. The molecule has 0 saturated heterocycles. The third-order valence-corrected chi connectivity index (χ3v) is 9.36. The summed E-state index contributed by atoms with van der Waals surface area (Å²) in [5.74, 6) is 1.87. The van der Waals surface area contributed by atoms with E-state index in [0.29, 0.717) is 17.5 Å². The number of para-hydroxylation sites is 1. The standard InChI is InChI=1S/C39H23N3OS/c1-2-10-24(11-3-1)37-40-38(42-39(41-37)27-20-21-30-29-14-4-6-18-33(29)43-34(30)23-27)26-13-8-12-25(22-26)28-16-9-17-32-31-15-5-7-19-35(31)44-36(28)32/h1-23H. The van der Waals surface area contributed by atoms with Gasteiger partial charge in [0.25, 0.3) is 0 Å². The molecule has 0 amide bonds. The molecule has 206 valence electrons. The van der Waals surface area contributed by atoms with Crippen molar-refractivity contribution < 1.29 is 4.42 Å². The van der Waals surface area contributed by atoms with Crippen LogP contribution in [0.15, 0.2) is 144 Å². The number of nitrogens with zero attached hydrogens (tertiary/aromatic N) is 3. The summed E-state index contributed by atoms with van der Waals surface area (Å²) in [5, 5.41) is 4.75. The van der Waals surface area contributed by atoms with Crippen LogP contribution in [0.2, 0.25) is 0 Å². The van der Waals surface area contributed by atoms with Gasteiger partial charge in [0.1, 0.15) is 11.2 Å². The zero-order valence-corrected chi connectivity index (χ0v) is 24.3. The fourth-order valence-corrected chi connectivity index (χ4v) is 7.25. The number of hydrogen-bond donors (Lipinski definition) is 0. The van der Waals surface area contributed by atoms with Crippen LogP contribution in [0.5, 0.6) is 0 Å². The van der Waals surface area contributed by atoms with Crippen molar-refractivity contribution in [3.8, 4) is 45.3 Å². The fraction of sp³-hybridized carbons (Fsp3) is 0. The van der Waals surface area contributed by atoms with Crippen molar-refractivity contribution in [1.82, 2.24) is 15.0 Å². The highest BCUT2D eigenvalue weighted by Gasteiger charge is 2.16. The van der Waals surface area contributed by atoms with Crippen molar-refractivity contribution in [3.05, 3.63) is 140 Å². The van der Waals surface area contributed by atoms with E-state index in [1.807, 2.05) is 65.9 Å². The summed E-state index contributed by atoms with van der Waals surface area (Å²) >= 11 is 1.84. The molecule has 0 radical (unpaired) electrons. The highest BCUT2D eigenvalue weighted by atomic mass is 32.1. The molecule has 9 aromatic rings. The van der Waals surface area contributed by atoms with Gasteiger partial charge in [-0.1, -0.05) is 109 Å². The van der Waals surface area contributed by atoms with Crippen molar-refractivity contribution in [3.63, 3.8) is 0 Å². The number of benzene rings is 6. The molecule has 0 aliphatic rings. The lowest BCUT2D eigenvalue weighted by molar-refractivity contribution is 0.669. The molecule has 44 heavy (non-hydrogen) atoms. The van der Waals surface area contributed by atoms with Crippen LogP contribution >= 0.6 is 11.3 Å². The zero-order valence-electron chi connectivity index (χ0n) is 23.4. The normalized spacial score (nSPS) is 11.6. The van der Waals surface area contributed by atoms with E-state index in [1.165, 1.54) is 25.7 Å². The molecule has 9 rings (SSSR count). The van der Waals surface area contributed by atoms with E-state index >= 15 is 0 Å². The molecule has 0 N–H and O–H groups in total. The number of furan rings is 1. The SMILES string of the molecule is c1ccc(-c2nc(-c3cccc(-c4cccc5c4sc4ccccc45)c3)nc(-c3ccc4c(c3)oc3ccccc34)n2)cc1. The summed E-state index contributed by atoms with van der Waals surface area (Å²) in [6, 6.07) is 48.1. The van der Waals surface area contributed by atoms with Crippen LogP contribution in [0.1, 0.15) is 0 Å². The minimum absolute atomic E-state index is 0.605. The molecule has 0 aliphatic carbocycles. The number of aromatic nitrogens is 3. The van der Waals surface area contributed by atoms with E-state index in [-0.39, 0.29) is 0 Å². The number of hydrogen-bond acceptors (Lipinski definition) is 5. The lowest BCUT2D eigenvalue weighted by atomic mass is 10.0. The van der Waals surface area contributed by atoms with Gasteiger partial charge in [0, 0.05) is 47.6 Å². The number of thiophene rings is 1. The Bertz CT molecular complexity index is 2510. The van der Waals surface area contributed by atoms with E-state index in [0.717, 1.165) is 44.2 Å². The third kappa shape index (κ3) is 4.09. The van der Waals surface area contributed by atoms with Gasteiger partial charge in [0.15, 0.2) is 17.5 Å². The van der Waals surface area contributed by atoms with Crippen LogP contribution in [0.25, 0.3) is 87.4 Å². The Morgan fingerprint density at radius 1 is 0.409 bits per heavy atom. The monoisotopic (exact) mass is 581 g/mol. The van der Waals surface area contributed by atoms with Crippen LogP contribution in [0, 0.1) is 0 Å². The highest BCUT2D eigenvalue weighted by Crippen LogP contribution is 2.40. The Hall–Kier alpha value is -5.65. The van der Waals surface area contributed by atoms with Crippen LogP contribution in [-0.4, -0.2) is 15.0 Å². The minimum atomic E-state index is 0.605. The van der Waals surface area contributed by atoms with Crippen molar-refractivity contribution in [1.29, 1.82) is 0 Å². The first-order valence-corrected chi connectivity index (χ1v) is 15.3. The Morgan fingerprint density at radius 3 is 1.89 bits per heavy atom. The molecule has 0 saturated carbocycles. The van der Waals surface area contributed by atoms with Gasteiger partial charge in [-0.25, -0.2) is 15.0 Å².